The van der Waals surface area contributed by atoms with Gasteiger partial charge in [-0.3, -0.25) is 0 Å². The second kappa shape index (κ2) is 9.33. The van der Waals surface area contributed by atoms with Crippen molar-refractivity contribution in [3.05, 3.63) is 52.2 Å². The van der Waals surface area contributed by atoms with Crippen molar-refractivity contribution in [2.24, 2.45) is 4.99 Å². The highest BCUT2D eigenvalue weighted by Gasteiger charge is 2.27. The van der Waals surface area contributed by atoms with Crippen LogP contribution in [0.2, 0.25) is 5.02 Å². The minimum absolute atomic E-state index is 0.265. The number of likely N-dealkylation sites (N-methyl/N-ethyl adjacent to an activating group) is 1. The van der Waals surface area contributed by atoms with Gasteiger partial charge in [0, 0.05) is 25.2 Å². The van der Waals surface area contributed by atoms with Crippen molar-refractivity contribution < 1.29 is 4.74 Å². The van der Waals surface area contributed by atoms with Gasteiger partial charge in [-0.2, -0.15) is 0 Å². The van der Waals surface area contributed by atoms with Crippen molar-refractivity contribution in [3.8, 4) is 5.75 Å². The summed E-state index contributed by atoms with van der Waals surface area (Å²) < 4.78 is 5.96. The molecule has 156 valence electrons. The molecule has 1 atom stereocenters. The maximum Gasteiger partial charge on any atom is 0.135 e. The third-order valence-corrected chi connectivity index (χ3v) is 6.22. The number of benzene rings is 1. The fraction of sp³-hybridized carbons (Fsp3) is 0.522. The van der Waals surface area contributed by atoms with Gasteiger partial charge in [0.2, 0.25) is 0 Å². The maximum absolute atomic E-state index is 6.56. The molecular formula is C23H31ClN4O. The van der Waals surface area contributed by atoms with Gasteiger partial charge in [0.1, 0.15) is 11.6 Å². The first-order chi connectivity index (χ1) is 14.1. The molecule has 0 aromatic heterocycles. The number of rotatable bonds is 6. The van der Waals surface area contributed by atoms with Crippen LogP contribution in [0.1, 0.15) is 31.7 Å². The Morgan fingerprint density at radius 1 is 1.24 bits per heavy atom. The summed E-state index contributed by atoms with van der Waals surface area (Å²) in [5.74, 6) is 1.68. The number of nitrogens with zero attached hydrogens (tertiary/aromatic N) is 3. The van der Waals surface area contributed by atoms with Gasteiger partial charge in [0.05, 0.1) is 23.4 Å². The molecule has 3 aliphatic rings. The van der Waals surface area contributed by atoms with E-state index in [0.717, 1.165) is 55.3 Å². The lowest BCUT2D eigenvalue weighted by molar-refractivity contribution is 0.237. The molecule has 0 radical (unpaired) electrons. The van der Waals surface area contributed by atoms with Crippen LogP contribution in [0.25, 0.3) is 0 Å². The van der Waals surface area contributed by atoms with Gasteiger partial charge in [-0.05, 0) is 70.1 Å². The van der Waals surface area contributed by atoms with E-state index in [4.69, 9.17) is 21.3 Å². The molecule has 2 aliphatic heterocycles. The molecule has 0 spiro atoms. The van der Waals surface area contributed by atoms with Gasteiger partial charge in [-0.25, -0.2) is 4.99 Å². The molecule has 6 heteroatoms. The fourth-order valence-electron chi connectivity index (χ4n) is 4.18. The topological polar surface area (TPSA) is 40.1 Å². The number of amidine groups is 1. The molecule has 1 aromatic rings. The van der Waals surface area contributed by atoms with E-state index in [9.17, 15) is 0 Å². The third kappa shape index (κ3) is 5.03. The van der Waals surface area contributed by atoms with E-state index < -0.39 is 0 Å². The fourth-order valence-corrected chi connectivity index (χ4v) is 4.44. The molecule has 1 fully saturated rings. The minimum Gasteiger partial charge on any atom is -0.493 e. The molecule has 4 rings (SSSR count). The molecular weight excluding hydrogens is 384 g/mol. The smallest absolute Gasteiger partial charge is 0.135 e. The largest absolute Gasteiger partial charge is 0.493 e. The number of nitrogens with one attached hydrogen (secondary N) is 1. The molecule has 2 heterocycles. The van der Waals surface area contributed by atoms with Gasteiger partial charge in [0.25, 0.3) is 0 Å². The number of aliphatic imine (C=N–C) groups is 1. The molecule has 1 aromatic carbocycles. The predicted molar refractivity (Wildman–Crippen MR) is 120 cm³/mol. The van der Waals surface area contributed by atoms with Gasteiger partial charge < -0.3 is 19.9 Å². The standard InChI is InChI=1S/C23H31ClN4O/c1-17-6-3-7-21-22(17)26-23(25-21)19-9-8-18(16-20(19)24)29-15-5-12-28-11-4-10-27(2)13-14-28/h3,6,8-9,16,21H,4-5,7,10-15H2,1-2H3,(H,25,26). The second-order valence-corrected chi connectivity index (χ2v) is 8.61. The van der Waals surface area contributed by atoms with E-state index in [1.807, 2.05) is 18.2 Å². The Bertz CT molecular complexity index is 832. The van der Waals surface area contributed by atoms with Gasteiger partial charge in [-0.15, -0.1) is 0 Å². The number of allylic oxidation sites excluding steroid dienone is 2. The van der Waals surface area contributed by atoms with E-state index in [1.54, 1.807) is 0 Å². The Morgan fingerprint density at radius 3 is 2.97 bits per heavy atom. The lowest BCUT2D eigenvalue weighted by atomic mass is 10.0. The van der Waals surface area contributed by atoms with Gasteiger partial charge >= 0.3 is 0 Å². The zero-order valence-electron chi connectivity index (χ0n) is 17.5. The van der Waals surface area contributed by atoms with Crippen LogP contribution in [0.15, 0.2) is 46.6 Å². The Balaban J connectivity index is 1.30. The van der Waals surface area contributed by atoms with Gasteiger partial charge in [0.15, 0.2) is 0 Å². The van der Waals surface area contributed by atoms with E-state index >= 15 is 0 Å². The number of halogens is 1. The zero-order valence-corrected chi connectivity index (χ0v) is 18.2. The van der Waals surface area contributed by atoms with Gasteiger partial charge in [-0.1, -0.05) is 23.8 Å². The average Bonchev–Trinajstić information content (AvgIpc) is 3.03. The SMILES string of the molecule is CC1=C2N=C(c3ccc(OCCCN4CCCN(C)CC4)cc3Cl)NC2CC=C1. The van der Waals surface area contributed by atoms with Crippen LogP contribution in [0.4, 0.5) is 0 Å². The highest BCUT2D eigenvalue weighted by atomic mass is 35.5. The summed E-state index contributed by atoms with van der Waals surface area (Å²) in [5.41, 5.74) is 3.27. The van der Waals surface area contributed by atoms with E-state index in [2.05, 4.69) is 41.2 Å². The predicted octanol–water partition coefficient (Wildman–Crippen LogP) is 3.70. The summed E-state index contributed by atoms with van der Waals surface area (Å²) in [5, 5.41) is 4.18. The number of hydrogen-bond donors (Lipinski definition) is 1. The first-order valence-corrected chi connectivity index (χ1v) is 11.0. The average molecular weight is 415 g/mol. The van der Waals surface area contributed by atoms with E-state index in [0.29, 0.717) is 11.6 Å². The zero-order chi connectivity index (χ0) is 20.2. The third-order valence-electron chi connectivity index (χ3n) is 5.91. The van der Waals surface area contributed by atoms with E-state index in [-0.39, 0.29) is 6.04 Å². The van der Waals surface area contributed by atoms with Crippen LogP contribution in [0.3, 0.4) is 0 Å². The quantitative estimate of drug-likeness (QED) is 0.720. The molecule has 5 nitrogen and oxygen atoms in total. The van der Waals surface area contributed by atoms with Crippen LogP contribution >= 0.6 is 11.6 Å². The van der Waals surface area contributed by atoms with Crippen LogP contribution < -0.4 is 10.1 Å². The van der Waals surface area contributed by atoms with Crippen LogP contribution in [-0.2, 0) is 0 Å². The molecule has 0 saturated carbocycles. The summed E-state index contributed by atoms with van der Waals surface area (Å²) in [6.07, 6.45) is 7.57. The summed E-state index contributed by atoms with van der Waals surface area (Å²) in [4.78, 5) is 9.74. The Morgan fingerprint density at radius 2 is 2.14 bits per heavy atom. The highest BCUT2D eigenvalue weighted by Crippen LogP contribution is 2.29. The monoisotopic (exact) mass is 414 g/mol. The van der Waals surface area contributed by atoms with Crippen molar-refractivity contribution in [2.45, 2.75) is 32.2 Å². The lowest BCUT2D eigenvalue weighted by Gasteiger charge is -2.20. The van der Waals surface area contributed by atoms with Crippen molar-refractivity contribution in [2.75, 3.05) is 46.4 Å². The first-order valence-electron chi connectivity index (χ1n) is 10.7. The number of hydrogen-bond acceptors (Lipinski definition) is 5. The Hall–Kier alpha value is -1.82. The van der Waals surface area contributed by atoms with E-state index in [1.165, 1.54) is 25.1 Å². The number of ether oxygens (including phenoxy) is 1. The highest BCUT2D eigenvalue weighted by molar-refractivity contribution is 6.34. The van der Waals surface area contributed by atoms with Crippen LogP contribution in [0.5, 0.6) is 5.75 Å². The molecule has 1 aliphatic carbocycles. The molecule has 0 bridgehead atoms. The molecule has 0 amide bonds. The lowest BCUT2D eigenvalue weighted by Crippen LogP contribution is -2.30. The molecule has 1 saturated heterocycles. The van der Waals surface area contributed by atoms with Crippen LogP contribution in [0, 0.1) is 0 Å². The second-order valence-electron chi connectivity index (χ2n) is 8.21. The van der Waals surface area contributed by atoms with Crippen molar-refractivity contribution in [1.29, 1.82) is 0 Å². The molecule has 29 heavy (non-hydrogen) atoms. The first kappa shape index (κ1) is 20.5. The summed E-state index contributed by atoms with van der Waals surface area (Å²) in [6, 6.07) is 6.17. The summed E-state index contributed by atoms with van der Waals surface area (Å²) in [7, 11) is 2.20. The van der Waals surface area contributed by atoms with Crippen molar-refractivity contribution >= 4 is 17.4 Å². The maximum atomic E-state index is 6.56. The number of fused-ring (bicyclic) bond motifs is 1. The Labute approximate surface area is 179 Å². The minimum atomic E-state index is 0.265. The summed E-state index contributed by atoms with van der Waals surface area (Å²) in [6.45, 7) is 8.60. The van der Waals surface area contributed by atoms with Crippen LogP contribution in [-0.4, -0.2) is 68.1 Å². The van der Waals surface area contributed by atoms with Crippen molar-refractivity contribution in [3.63, 3.8) is 0 Å². The van der Waals surface area contributed by atoms with Crippen molar-refractivity contribution in [1.82, 2.24) is 15.1 Å². The molecule has 1 N–H and O–H groups in total. The normalized spacial score (nSPS) is 22.9. The molecule has 1 unspecified atom stereocenters. The Kier molecular flexibility index (Phi) is 6.58. The summed E-state index contributed by atoms with van der Waals surface area (Å²) >= 11 is 6.56.